The van der Waals surface area contributed by atoms with Crippen LogP contribution < -0.4 is 10.2 Å². The van der Waals surface area contributed by atoms with Gasteiger partial charge in [-0.05, 0) is 19.1 Å². The summed E-state index contributed by atoms with van der Waals surface area (Å²) in [4.78, 5) is 2.33. The van der Waals surface area contributed by atoms with Crippen molar-refractivity contribution in [1.29, 1.82) is 5.26 Å². The van der Waals surface area contributed by atoms with E-state index in [0.29, 0.717) is 11.6 Å². The highest BCUT2D eigenvalue weighted by Crippen LogP contribution is 2.32. The molecule has 0 aliphatic carbocycles. The van der Waals surface area contributed by atoms with Gasteiger partial charge in [0, 0.05) is 42.0 Å². The number of nitrogens with one attached hydrogen (secondary N) is 1. The van der Waals surface area contributed by atoms with Gasteiger partial charge >= 0.3 is 0 Å². The van der Waals surface area contributed by atoms with Gasteiger partial charge in [0.25, 0.3) is 0 Å². The minimum Gasteiger partial charge on any atom is -0.349 e. The summed E-state index contributed by atoms with van der Waals surface area (Å²) in [7, 11) is 0. The summed E-state index contributed by atoms with van der Waals surface area (Å²) in [5.41, 5.74) is 2.47. The molecule has 0 radical (unpaired) electrons. The van der Waals surface area contributed by atoms with Gasteiger partial charge in [0.05, 0.1) is 11.6 Å². The first-order valence-electron chi connectivity index (χ1n) is 8.51. The average Bonchev–Trinajstić information content (AvgIpc) is 2.68. The van der Waals surface area contributed by atoms with Crippen molar-refractivity contribution in [3.8, 4) is 17.3 Å². The maximum atomic E-state index is 8.99. The normalized spacial score (nSPS) is 17.4. The second-order valence-electron chi connectivity index (χ2n) is 6.35. The maximum absolute atomic E-state index is 8.99. The molecular formula is C20H19N5. The largest absolute Gasteiger partial charge is 0.349 e. The molecule has 1 aromatic heterocycles. The Morgan fingerprint density at radius 3 is 2.56 bits per heavy atom. The van der Waals surface area contributed by atoms with Gasteiger partial charge in [-0.25, -0.2) is 0 Å². The molecule has 2 aromatic carbocycles. The number of aromatic nitrogens is 2. The number of fused-ring (bicyclic) bond motifs is 1. The van der Waals surface area contributed by atoms with E-state index in [-0.39, 0.29) is 0 Å². The zero-order valence-corrected chi connectivity index (χ0v) is 14.1. The number of anilines is 1. The van der Waals surface area contributed by atoms with Crippen LogP contribution in [-0.4, -0.2) is 35.9 Å². The SMILES string of the molecule is CC1CNCCN1c1nnc(-c2ccc(C#N)cc2)c2ccccc12. The summed E-state index contributed by atoms with van der Waals surface area (Å²) in [5, 5.41) is 23.7. The molecule has 2 heterocycles. The molecule has 0 saturated carbocycles. The zero-order chi connectivity index (χ0) is 17.2. The summed E-state index contributed by atoms with van der Waals surface area (Å²) in [6.07, 6.45) is 0. The summed E-state index contributed by atoms with van der Waals surface area (Å²) in [5.74, 6) is 0.946. The fourth-order valence-corrected chi connectivity index (χ4v) is 3.37. The molecule has 0 amide bonds. The smallest absolute Gasteiger partial charge is 0.159 e. The molecule has 0 bridgehead atoms. The first-order valence-corrected chi connectivity index (χ1v) is 8.51. The second kappa shape index (κ2) is 6.50. The Hall–Kier alpha value is -2.97. The van der Waals surface area contributed by atoms with Crippen molar-refractivity contribution in [3.05, 3.63) is 54.1 Å². The van der Waals surface area contributed by atoms with Crippen LogP contribution in [0.1, 0.15) is 12.5 Å². The van der Waals surface area contributed by atoms with Gasteiger partial charge in [0.1, 0.15) is 5.69 Å². The minimum absolute atomic E-state index is 0.382. The van der Waals surface area contributed by atoms with E-state index in [4.69, 9.17) is 5.26 Å². The Balaban J connectivity index is 1.85. The standard InChI is InChI=1S/C20H19N5/c1-14-13-22-10-11-25(14)20-18-5-3-2-4-17(18)19(23-24-20)16-8-6-15(12-21)7-9-16/h2-9,14,22H,10-11,13H2,1H3. The number of nitrogens with zero attached hydrogens (tertiary/aromatic N) is 4. The molecule has 1 N–H and O–H groups in total. The van der Waals surface area contributed by atoms with Crippen molar-refractivity contribution in [3.63, 3.8) is 0 Å². The first kappa shape index (κ1) is 15.6. The zero-order valence-electron chi connectivity index (χ0n) is 14.1. The highest BCUT2D eigenvalue weighted by Gasteiger charge is 2.22. The molecule has 1 unspecified atom stereocenters. The monoisotopic (exact) mass is 329 g/mol. The van der Waals surface area contributed by atoms with E-state index in [0.717, 1.165) is 47.5 Å². The van der Waals surface area contributed by atoms with Gasteiger partial charge < -0.3 is 10.2 Å². The van der Waals surface area contributed by atoms with Crippen LogP contribution in [0, 0.1) is 11.3 Å². The Bertz CT molecular complexity index is 942. The van der Waals surface area contributed by atoms with Crippen molar-refractivity contribution in [2.75, 3.05) is 24.5 Å². The molecule has 4 rings (SSSR count). The summed E-state index contributed by atoms with van der Waals surface area (Å²) < 4.78 is 0. The first-order chi connectivity index (χ1) is 12.3. The van der Waals surface area contributed by atoms with Crippen LogP contribution in [0.2, 0.25) is 0 Å². The third kappa shape index (κ3) is 2.81. The third-order valence-corrected chi connectivity index (χ3v) is 4.73. The maximum Gasteiger partial charge on any atom is 0.159 e. The number of hydrogen-bond donors (Lipinski definition) is 1. The lowest BCUT2D eigenvalue weighted by atomic mass is 10.0. The number of piperazine rings is 1. The van der Waals surface area contributed by atoms with Gasteiger partial charge in [0.15, 0.2) is 5.82 Å². The van der Waals surface area contributed by atoms with Crippen LogP contribution >= 0.6 is 0 Å². The predicted octanol–water partition coefficient (Wildman–Crippen LogP) is 2.97. The van der Waals surface area contributed by atoms with Crippen LogP contribution in [0.5, 0.6) is 0 Å². The van der Waals surface area contributed by atoms with Gasteiger partial charge in [-0.2, -0.15) is 5.26 Å². The molecular weight excluding hydrogens is 310 g/mol. The van der Waals surface area contributed by atoms with Crippen LogP contribution in [-0.2, 0) is 0 Å². The fraction of sp³-hybridized carbons (Fsp3) is 0.250. The fourth-order valence-electron chi connectivity index (χ4n) is 3.37. The summed E-state index contributed by atoms with van der Waals surface area (Å²) in [6, 6.07) is 18.3. The van der Waals surface area contributed by atoms with Crippen molar-refractivity contribution in [2.24, 2.45) is 0 Å². The van der Waals surface area contributed by atoms with E-state index in [9.17, 15) is 0 Å². The number of rotatable bonds is 2. The molecule has 5 heteroatoms. The molecule has 124 valence electrons. The van der Waals surface area contributed by atoms with E-state index in [2.05, 4.69) is 45.5 Å². The molecule has 5 nitrogen and oxygen atoms in total. The van der Waals surface area contributed by atoms with E-state index in [1.165, 1.54) is 0 Å². The average molecular weight is 329 g/mol. The topological polar surface area (TPSA) is 64.8 Å². The van der Waals surface area contributed by atoms with E-state index in [1.54, 1.807) is 0 Å². The van der Waals surface area contributed by atoms with Crippen LogP contribution in [0.25, 0.3) is 22.0 Å². The van der Waals surface area contributed by atoms with E-state index < -0.39 is 0 Å². The Labute approximate surface area is 146 Å². The highest BCUT2D eigenvalue weighted by molar-refractivity contribution is 6.00. The van der Waals surface area contributed by atoms with Crippen LogP contribution in [0.3, 0.4) is 0 Å². The van der Waals surface area contributed by atoms with Crippen LogP contribution in [0.15, 0.2) is 48.5 Å². The molecule has 3 aromatic rings. The minimum atomic E-state index is 0.382. The number of hydrogen-bond acceptors (Lipinski definition) is 5. The summed E-state index contributed by atoms with van der Waals surface area (Å²) in [6.45, 7) is 5.04. The molecule has 1 aliphatic rings. The lowest BCUT2D eigenvalue weighted by Crippen LogP contribution is -2.50. The number of benzene rings is 2. The van der Waals surface area contributed by atoms with E-state index >= 15 is 0 Å². The summed E-state index contributed by atoms with van der Waals surface area (Å²) >= 11 is 0. The van der Waals surface area contributed by atoms with Crippen LogP contribution in [0.4, 0.5) is 5.82 Å². The predicted molar refractivity (Wildman–Crippen MR) is 99.4 cm³/mol. The Kier molecular flexibility index (Phi) is 4.04. The van der Waals surface area contributed by atoms with Crippen molar-refractivity contribution in [2.45, 2.75) is 13.0 Å². The quantitative estimate of drug-likeness (QED) is 0.783. The molecule has 25 heavy (non-hydrogen) atoms. The Morgan fingerprint density at radius 2 is 1.84 bits per heavy atom. The molecule has 0 spiro atoms. The molecule has 1 atom stereocenters. The van der Waals surface area contributed by atoms with Gasteiger partial charge in [-0.1, -0.05) is 36.4 Å². The van der Waals surface area contributed by atoms with E-state index in [1.807, 2.05) is 36.4 Å². The third-order valence-electron chi connectivity index (χ3n) is 4.73. The Morgan fingerprint density at radius 1 is 1.08 bits per heavy atom. The van der Waals surface area contributed by atoms with Crippen molar-refractivity contribution in [1.82, 2.24) is 15.5 Å². The van der Waals surface area contributed by atoms with Crippen molar-refractivity contribution < 1.29 is 0 Å². The van der Waals surface area contributed by atoms with Gasteiger partial charge in [-0.15, -0.1) is 10.2 Å². The lowest BCUT2D eigenvalue weighted by Gasteiger charge is -2.35. The van der Waals surface area contributed by atoms with Crippen molar-refractivity contribution >= 4 is 16.6 Å². The number of nitriles is 1. The second-order valence-corrected chi connectivity index (χ2v) is 6.35. The molecule has 1 fully saturated rings. The molecule has 1 aliphatic heterocycles. The molecule has 1 saturated heterocycles. The van der Waals surface area contributed by atoms with Gasteiger partial charge in [0.2, 0.25) is 0 Å². The highest BCUT2D eigenvalue weighted by atomic mass is 15.3. The van der Waals surface area contributed by atoms with Gasteiger partial charge in [-0.3, -0.25) is 0 Å². The lowest BCUT2D eigenvalue weighted by molar-refractivity contribution is 0.497.